The van der Waals surface area contributed by atoms with Crippen LogP contribution in [0.5, 0.6) is 0 Å². The molecule has 0 aromatic rings. The minimum Gasteiger partial charge on any atom is -0.465 e. The van der Waals surface area contributed by atoms with Crippen LogP contribution >= 0.6 is 0 Å². The highest BCUT2D eigenvalue weighted by Gasteiger charge is 2.18. The summed E-state index contributed by atoms with van der Waals surface area (Å²) in [5.41, 5.74) is 2.21. The van der Waals surface area contributed by atoms with Crippen LogP contribution in [0.1, 0.15) is 13.3 Å². The molecule has 0 fully saturated rings. The van der Waals surface area contributed by atoms with Crippen molar-refractivity contribution in [3.8, 4) is 0 Å². The molecule has 1 N–H and O–H groups in total. The summed E-state index contributed by atoms with van der Waals surface area (Å²) in [6.45, 7) is 8.51. The zero-order chi connectivity index (χ0) is 12.8. The van der Waals surface area contributed by atoms with Gasteiger partial charge in [0.2, 0.25) is 0 Å². The standard InChI is InChI=1S/C11H22O4Si/c1-9(7-6-8-16(3,4)5)15-11(13)10(12)14-2/h6,8-9,11,13H,7H2,1-5H3/b8-6+. The van der Waals surface area contributed by atoms with Crippen LogP contribution in [0.25, 0.3) is 0 Å². The Morgan fingerprint density at radius 3 is 2.44 bits per heavy atom. The Bertz CT molecular complexity index is 245. The van der Waals surface area contributed by atoms with Gasteiger partial charge in [-0.05, 0) is 13.3 Å². The first-order valence-corrected chi connectivity index (χ1v) is 8.93. The van der Waals surface area contributed by atoms with Gasteiger partial charge in [0.05, 0.1) is 21.3 Å². The first-order valence-electron chi connectivity index (χ1n) is 5.35. The average Bonchev–Trinajstić information content (AvgIpc) is 2.14. The second kappa shape index (κ2) is 6.83. The molecule has 94 valence electrons. The number of rotatable bonds is 6. The molecule has 0 spiro atoms. The van der Waals surface area contributed by atoms with Crippen molar-refractivity contribution < 1.29 is 19.4 Å². The van der Waals surface area contributed by atoms with Crippen molar-refractivity contribution in [1.29, 1.82) is 0 Å². The maximum absolute atomic E-state index is 10.9. The van der Waals surface area contributed by atoms with Crippen molar-refractivity contribution in [1.82, 2.24) is 0 Å². The summed E-state index contributed by atoms with van der Waals surface area (Å²) in [6.07, 6.45) is 1.03. The molecule has 0 heterocycles. The molecule has 0 amide bonds. The zero-order valence-electron chi connectivity index (χ0n) is 10.7. The Morgan fingerprint density at radius 2 is 2.00 bits per heavy atom. The molecule has 0 aromatic heterocycles. The fourth-order valence-electron chi connectivity index (χ4n) is 1.05. The molecule has 0 aliphatic carbocycles. The molecule has 0 aliphatic rings. The fraction of sp³-hybridized carbons (Fsp3) is 0.727. The van der Waals surface area contributed by atoms with Gasteiger partial charge in [-0.1, -0.05) is 31.4 Å². The largest absolute Gasteiger partial charge is 0.465 e. The predicted molar refractivity (Wildman–Crippen MR) is 65.7 cm³/mol. The summed E-state index contributed by atoms with van der Waals surface area (Å²) < 4.78 is 9.41. The summed E-state index contributed by atoms with van der Waals surface area (Å²) >= 11 is 0. The minimum atomic E-state index is -1.49. The SMILES string of the molecule is COC(=O)C(O)OC(C)C/C=C/[Si](C)(C)C. The fourth-order valence-corrected chi connectivity index (χ4v) is 1.89. The highest BCUT2D eigenvalue weighted by molar-refractivity contribution is 6.80. The highest BCUT2D eigenvalue weighted by atomic mass is 28.3. The third-order valence-electron chi connectivity index (χ3n) is 1.85. The van der Waals surface area contributed by atoms with Gasteiger partial charge in [-0.15, -0.1) is 0 Å². The lowest BCUT2D eigenvalue weighted by molar-refractivity contribution is -0.187. The van der Waals surface area contributed by atoms with E-state index < -0.39 is 20.3 Å². The molecule has 0 aliphatic heterocycles. The van der Waals surface area contributed by atoms with Crippen molar-refractivity contribution >= 4 is 14.0 Å². The van der Waals surface area contributed by atoms with Crippen LogP contribution in [0.4, 0.5) is 0 Å². The minimum absolute atomic E-state index is 0.207. The van der Waals surface area contributed by atoms with E-state index in [4.69, 9.17) is 4.74 Å². The third kappa shape index (κ3) is 7.61. The third-order valence-corrected chi connectivity index (χ3v) is 3.09. The molecular formula is C11H22O4Si. The average molecular weight is 246 g/mol. The quantitative estimate of drug-likeness (QED) is 0.440. The van der Waals surface area contributed by atoms with Crippen LogP contribution in [0.3, 0.4) is 0 Å². The number of ether oxygens (including phenoxy) is 2. The Balaban J connectivity index is 3.96. The van der Waals surface area contributed by atoms with Crippen LogP contribution in [0.2, 0.25) is 19.6 Å². The van der Waals surface area contributed by atoms with E-state index in [2.05, 4.69) is 30.1 Å². The predicted octanol–water partition coefficient (Wildman–Crippen LogP) is 1.71. The van der Waals surface area contributed by atoms with Gasteiger partial charge in [0.25, 0.3) is 6.29 Å². The summed E-state index contributed by atoms with van der Waals surface area (Å²) in [5, 5.41) is 9.24. The number of aliphatic hydroxyl groups excluding tert-OH is 1. The van der Waals surface area contributed by atoms with Crippen LogP contribution in [0.15, 0.2) is 11.8 Å². The molecule has 5 heteroatoms. The molecular weight excluding hydrogens is 224 g/mol. The van der Waals surface area contributed by atoms with E-state index in [1.165, 1.54) is 7.11 Å². The van der Waals surface area contributed by atoms with Crippen LogP contribution in [0, 0.1) is 0 Å². The topological polar surface area (TPSA) is 55.8 Å². The molecule has 2 unspecified atom stereocenters. The summed E-state index contributed by atoms with van der Waals surface area (Å²) in [7, 11) is 0.0300. The number of carbonyl (C=O) groups excluding carboxylic acids is 1. The van der Waals surface area contributed by atoms with E-state index in [9.17, 15) is 9.90 Å². The molecule has 0 saturated heterocycles. The zero-order valence-corrected chi connectivity index (χ0v) is 11.7. The van der Waals surface area contributed by atoms with Crippen LogP contribution in [-0.2, 0) is 14.3 Å². The highest BCUT2D eigenvalue weighted by Crippen LogP contribution is 2.07. The van der Waals surface area contributed by atoms with Gasteiger partial charge in [0, 0.05) is 0 Å². The smallest absolute Gasteiger partial charge is 0.363 e. The Hall–Kier alpha value is -0.653. The van der Waals surface area contributed by atoms with E-state index in [-0.39, 0.29) is 6.10 Å². The second-order valence-corrected chi connectivity index (χ2v) is 9.89. The van der Waals surface area contributed by atoms with Crippen molar-refractivity contribution in [2.24, 2.45) is 0 Å². The maximum atomic E-state index is 10.9. The number of aliphatic hydroxyl groups is 1. The molecule has 0 bridgehead atoms. The summed E-state index contributed by atoms with van der Waals surface area (Å²) in [5.74, 6) is -0.763. The van der Waals surface area contributed by atoms with Gasteiger partial charge in [-0.25, -0.2) is 4.79 Å². The van der Waals surface area contributed by atoms with Crippen LogP contribution < -0.4 is 0 Å². The molecule has 0 saturated carbocycles. The molecule has 16 heavy (non-hydrogen) atoms. The van der Waals surface area contributed by atoms with Crippen molar-refractivity contribution in [3.63, 3.8) is 0 Å². The van der Waals surface area contributed by atoms with Gasteiger partial charge in [0.15, 0.2) is 0 Å². The Labute approximate surface area is 98.3 Å². The van der Waals surface area contributed by atoms with Gasteiger partial charge >= 0.3 is 5.97 Å². The number of methoxy groups -OCH3 is 1. The summed E-state index contributed by atoms with van der Waals surface area (Å²) in [4.78, 5) is 10.9. The number of hydrogen-bond donors (Lipinski definition) is 1. The molecule has 4 nitrogen and oxygen atoms in total. The van der Waals surface area contributed by atoms with Crippen molar-refractivity contribution in [3.05, 3.63) is 11.8 Å². The summed E-state index contributed by atoms with van der Waals surface area (Å²) in [6, 6.07) is 0. The van der Waals surface area contributed by atoms with Gasteiger partial charge in [0.1, 0.15) is 0 Å². The Kier molecular flexibility index (Phi) is 6.55. The van der Waals surface area contributed by atoms with Gasteiger partial charge < -0.3 is 14.6 Å². The van der Waals surface area contributed by atoms with Crippen LogP contribution in [-0.4, -0.2) is 38.7 Å². The van der Waals surface area contributed by atoms with E-state index in [0.29, 0.717) is 6.42 Å². The number of carbonyl (C=O) groups is 1. The molecule has 2 atom stereocenters. The van der Waals surface area contributed by atoms with E-state index >= 15 is 0 Å². The van der Waals surface area contributed by atoms with E-state index in [1.807, 2.05) is 6.08 Å². The van der Waals surface area contributed by atoms with Gasteiger partial charge in [-0.2, -0.15) is 0 Å². The molecule has 0 rings (SSSR count). The number of hydrogen-bond acceptors (Lipinski definition) is 4. The van der Waals surface area contributed by atoms with Crippen molar-refractivity contribution in [2.75, 3.05) is 7.11 Å². The molecule has 0 aromatic carbocycles. The van der Waals surface area contributed by atoms with E-state index in [0.717, 1.165) is 0 Å². The van der Waals surface area contributed by atoms with Gasteiger partial charge in [-0.3, -0.25) is 0 Å². The second-order valence-electron chi connectivity index (χ2n) is 4.83. The lowest BCUT2D eigenvalue weighted by Crippen LogP contribution is -2.28. The monoisotopic (exact) mass is 246 g/mol. The lowest BCUT2D eigenvalue weighted by Gasteiger charge is -2.15. The normalized spacial score (nSPS) is 16.1. The number of esters is 1. The molecule has 0 radical (unpaired) electrons. The first kappa shape index (κ1) is 15.3. The van der Waals surface area contributed by atoms with Crippen molar-refractivity contribution in [2.45, 2.75) is 45.4 Å². The maximum Gasteiger partial charge on any atom is 0.363 e. The van der Waals surface area contributed by atoms with E-state index in [1.54, 1.807) is 6.92 Å². The first-order chi connectivity index (χ1) is 7.26. The Morgan fingerprint density at radius 1 is 1.44 bits per heavy atom. The lowest BCUT2D eigenvalue weighted by atomic mass is 10.3.